The highest BCUT2D eigenvalue weighted by Gasteiger charge is 2.53. The Kier molecular flexibility index (Phi) is 3.63. The molecule has 0 bridgehead atoms. The van der Waals surface area contributed by atoms with Gasteiger partial charge in [-0.2, -0.15) is 0 Å². The minimum atomic E-state index is -0.376. The van der Waals surface area contributed by atoms with E-state index in [1.165, 1.54) is 51.4 Å². The fourth-order valence-corrected chi connectivity index (χ4v) is 4.69. The Labute approximate surface area is 101 Å². The second-order valence-electron chi connectivity index (χ2n) is 6.08. The van der Waals surface area contributed by atoms with E-state index in [1.807, 2.05) is 0 Å². The van der Waals surface area contributed by atoms with Crippen molar-refractivity contribution in [3.05, 3.63) is 0 Å². The van der Waals surface area contributed by atoms with Gasteiger partial charge in [0.25, 0.3) is 0 Å². The molecule has 0 heterocycles. The highest BCUT2D eigenvalue weighted by atomic mass is 16.3. The minimum absolute atomic E-state index is 0.285. The van der Waals surface area contributed by atoms with E-state index in [9.17, 15) is 5.11 Å². The first kappa shape index (κ1) is 12.4. The van der Waals surface area contributed by atoms with E-state index in [0.717, 1.165) is 18.8 Å². The van der Waals surface area contributed by atoms with Crippen LogP contribution in [0.3, 0.4) is 0 Å². The molecule has 0 saturated heterocycles. The van der Waals surface area contributed by atoms with Crippen molar-refractivity contribution in [3.63, 3.8) is 0 Å². The predicted molar refractivity (Wildman–Crippen MR) is 68.4 cm³/mol. The Bertz CT molecular complexity index is 218. The van der Waals surface area contributed by atoms with Crippen molar-refractivity contribution in [2.24, 2.45) is 11.3 Å². The summed E-state index contributed by atoms with van der Waals surface area (Å²) in [6.07, 6.45) is 12.7. The largest absolute Gasteiger partial charge is 0.389 e. The van der Waals surface area contributed by atoms with Gasteiger partial charge in [-0.05, 0) is 44.4 Å². The normalized spacial score (nSPS) is 35.8. The van der Waals surface area contributed by atoms with Crippen molar-refractivity contribution in [1.82, 2.24) is 0 Å². The molecule has 0 amide bonds. The summed E-state index contributed by atoms with van der Waals surface area (Å²) in [6, 6.07) is 0. The second-order valence-corrected chi connectivity index (χ2v) is 6.08. The van der Waals surface area contributed by atoms with Gasteiger partial charge in [-0.15, -0.1) is 0 Å². The summed E-state index contributed by atoms with van der Waals surface area (Å²) in [4.78, 5) is 0. The molecule has 0 aromatic heterocycles. The van der Waals surface area contributed by atoms with Crippen LogP contribution in [-0.4, -0.2) is 10.7 Å². The maximum Gasteiger partial charge on any atom is 0.0701 e. The molecule has 2 fully saturated rings. The molecule has 1 nitrogen and oxygen atoms in total. The molecule has 94 valence electrons. The lowest BCUT2D eigenvalue weighted by Crippen LogP contribution is -2.54. The van der Waals surface area contributed by atoms with Gasteiger partial charge in [0.05, 0.1) is 5.60 Å². The van der Waals surface area contributed by atoms with Gasteiger partial charge in [-0.1, -0.05) is 39.5 Å². The fraction of sp³-hybridized carbons (Fsp3) is 1.00. The quantitative estimate of drug-likeness (QED) is 0.758. The van der Waals surface area contributed by atoms with Crippen LogP contribution in [0.1, 0.15) is 78.1 Å². The lowest BCUT2D eigenvalue weighted by Gasteiger charge is -2.56. The maximum absolute atomic E-state index is 11.0. The van der Waals surface area contributed by atoms with Crippen LogP contribution in [0.4, 0.5) is 0 Å². The number of rotatable bonds is 3. The molecular formula is C15H28O. The first-order chi connectivity index (χ1) is 7.68. The van der Waals surface area contributed by atoms with Crippen LogP contribution in [0.25, 0.3) is 0 Å². The Morgan fingerprint density at radius 2 is 1.50 bits per heavy atom. The van der Waals surface area contributed by atoms with Crippen molar-refractivity contribution in [2.75, 3.05) is 0 Å². The molecule has 16 heavy (non-hydrogen) atoms. The average Bonchev–Trinajstić information content (AvgIpc) is 2.37. The first-order valence-electron chi connectivity index (χ1n) is 7.41. The van der Waals surface area contributed by atoms with Crippen LogP contribution in [0, 0.1) is 11.3 Å². The highest BCUT2D eigenvalue weighted by molar-refractivity contribution is 5.04. The lowest BCUT2D eigenvalue weighted by molar-refractivity contribution is -0.155. The molecule has 0 aliphatic heterocycles. The van der Waals surface area contributed by atoms with Crippen molar-refractivity contribution in [2.45, 2.75) is 83.7 Å². The lowest BCUT2D eigenvalue weighted by atomic mass is 9.51. The molecule has 0 radical (unpaired) electrons. The summed E-state index contributed by atoms with van der Waals surface area (Å²) in [5, 5.41) is 11.0. The average molecular weight is 224 g/mol. The van der Waals surface area contributed by atoms with Gasteiger partial charge in [-0.25, -0.2) is 0 Å². The van der Waals surface area contributed by atoms with Crippen LogP contribution < -0.4 is 0 Å². The monoisotopic (exact) mass is 224 g/mol. The van der Waals surface area contributed by atoms with Gasteiger partial charge in [-0.3, -0.25) is 0 Å². The van der Waals surface area contributed by atoms with Gasteiger partial charge >= 0.3 is 0 Å². The van der Waals surface area contributed by atoms with Crippen molar-refractivity contribution in [3.8, 4) is 0 Å². The summed E-state index contributed by atoms with van der Waals surface area (Å²) in [6.45, 7) is 4.36. The highest BCUT2D eigenvalue weighted by Crippen LogP contribution is 2.58. The molecule has 0 spiro atoms. The summed E-state index contributed by atoms with van der Waals surface area (Å²) in [5.41, 5.74) is -0.0918. The third kappa shape index (κ3) is 1.72. The summed E-state index contributed by atoms with van der Waals surface area (Å²) >= 11 is 0. The Hall–Kier alpha value is -0.0400. The number of hydrogen-bond donors (Lipinski definition) is 1. The van der Waals surface area contributed by atoms with Gasteiger partial charge in [0, 0.05) is 5.41 Å². The van der Waals surface area contributed by atoms with E-state index in [4.69, 9.17) is 0 Å². The molecule has 1 N–H and O–H groups in total. The second kappa shape index (κ2) is 4.68. The van der Waals surface area contributed by atoms with E-state index in [1.54, 1.807) is 0 Å². The first-order valence-corrected chi connectivity index (χ1v) is 7.41. The number of hydrogen-bond acceptors (Lipinski definition) is 1. The van der Waals surface area contributed by atoms with E-state index in [-0.39, 0.29) is 11.0 Å². The SMILES string of the molecule is CCC(O)(CC)C12CCCCC1CCCC2. The van der Waals surface area contributed by atoms with Crippen molar-refractivity contribution >= 4 is 0 Å². The molecule has 2 aliphatic rings. The zero-order chi connectivity index (χ0) is 11.6. The zero-order valence-corrected chi connectivity index (χ0v) is 11.1. The van der Waals surface area contributed by atoms with Crippen LogP contribution in [-0.2, 0) is 0 Å². The molecule has 0 unspecified atom stereocenters. The molecular weight excluding hydrogens is 196 g/mol. The van der Waals surface area contributed by atoms with Crippen LogP contribution in [0.2, 0.25) is 0 Å². The molecule has 0 atom stereocenters. The molecule has 0 aromatic rings. The van der Waals surface area contributed by atoms with Gasteiger partial charge in [0.1, 0.15) is 0 Å². The molecule has 0 aromatic carbocycles. The predicted octanol–water partition coefficient (Wildman–Crippen LogP) is 4.29. The summed E-state index contributed by atoms with van der Waals surface area (Å²) in [7, 11) is 0. The third-order valence-electron chi connectivity index (χ3n) is 5.73. The molecule has 2 saturated carbocycles. The van der Waals surface area contributed by atoms with E-state index < -0.39 is 0 Å². The summed E-state index contributed by atoms with van der Waals surface area (Å²) < 4.78 is 0. The smallest absolute Gasteiger partial charge is 0.0701 e. The number of fused-ring (bicyclic) bond motifs is 1. The fourth-order valence-electron chi connectivity index (χ4n) is 4.69. The third-order valence-corrected chi connectivity index (χ3v) is 5.73. The molecule has 1 heteroatoms. The summed E-state index contributed by atoms with van der Waals surface area (Å²) in [5.74, 6) is 0.819. The van der Waals surface area contributed by atoms with Gasteiger partial charge < -0.3 is 5.11 Å². The van der Waals surface area contributed by atoms with Gasteiger partial charge in [0.2, 0.25) is 0 Å². The van der Waals surface area contributed by atoms with Crippen LogP contribution in [0.15, 0.2) is 0 Å². The zero-order valence-electron chi connectivity index (χ0n) is 11.1. The Morgan fingerprint density at radius 1 is 1.00 bits per heavy atom. The molecule has 2 aliphatic carbocycles. The Morgan fingerprint density at radius 3 is 1.94 bits per heavy atom. The van der Waals surface area contributed by atoms with Gasteiger partial charge in [0.15, 0.2) is 0 Å². The van der Waals surface area contributed by atoms with Crippen LogP contribution in [0.5, 0.6) is 0 Å². The van der Waals surface area contributed by atoms with Crippen molar-refractivity contribution in [1.29, 1.82) is 0 Å². The van der Waals surface area contributed by atoms with E-state index in [0.29, 0.717) is 0 Å². The topological polar surface area (TPSA) is 20.2 Å². The van der Waals surface area contributed by atoms with E-state index >= 15 is 0 Å². The standard InChI is InChI=1S/C15H28O/c1-3-15(16,4-2)14-11-7-5-9-13(14)10-6-8-12-14/h13,16H,3-12H2,1-2H3. The molecule has 2 rings (SSSR count). The van der Waals surface area contributed by atoms with Crippen molar-refractivity contribution < 1.29 is 5.11 Å². The maximum atomic E-state index is 11.0. The van der Waals surface area contributed by atoms with E-state index in [2.05, 4.69) is 13.8 Å². The number of aliphatic hydroxyl groups is 1. The Balaban J connectivity index is 2.29. The minimum Gasteiger partial charge on any atom is -0.389 e. The van der Waals surface area contributed by atoms with Crippen LogP contribution >= 0.6 is 0 Å².